The predicted molar refractivity (Wildman–Crippen MR) is 115 cm³/mol. The molecule has 0 spiro atoms. The lowest BCUT2D eigenvalue weighted by Gasteiger charge is -2.36. The van der Waals surface area contributed by atoms with E-state index in [1.807, 2.05) is 12.1 Å². The maximum Gasteiger partial charge on any atom is 0.338 e. The average Bonchev–Trinajstić information content (AvgIpc) is 3.15. The molecule has 2 aromatic carbocycles. The second kappa shape index (κ2) is 7.55. The molecule has 2 aliphatic rings. The van der Waals surface area contributed by atoms with Gasteiger partial charge in [-0.1, -0.05) is 11.3 Å². The molecular weight excluding hydrogens is 384 g/mol. The predicted octanol–water partition coefficient (Wildman–Crippen LogP) is 5.59. The van der Waals surface area contributed by atoms with Crippen LogP contribution in [0.15, 0.2) is 40.6 Å². The third kappa shape index (κ3) is 3.51. The number of aryl methyl sites for hydroxylation is 2. The van der Waals surface area contributed by atoms with Crippen LogP contribution in [-0.2, 0) is 17.6 Å². The fourth-order valence-corrected chi connectivity index (χ4v) is 5.07. The van der Waals surface area contributed by atoms with Gasteiger partial charge in [-0.3, -0.25) is 0 Å². The molecule has 3 heterocycles. The maximum atomic E-state index is 11.9. The van der Waals surface area contributed by atoms with E-state index < -0.39 is 0 Å². The first-order valence-electron chi connectivity index (χ1n) is 10.1. The molecule has 0 fully saturated rings. The van der Waals surface area contributed by atoms with Crippen LogP contribution in [0.1, 0.15) is 41.3 Å². The third-order valence-corrected chi connectivity index (χ3v) is 6.36. The minimum absolute atomic E-state index is 0.317. The number of thiazole rings is 1. The Morgan fingerprint density at radius 2 is 1.90 bits per heavy atom. The van der Waals surface area contributed by atoms with Crippen LogP contribution < -0.4 is 4.90 Å². The van der Waals surface area contributed by atoms with Crippen LogP contribution in [0.25, 0.3) is 10.2 Å². The zero-order valence-corrected chi connectivity index (χ0v) is 17.2. The summed E-state index contributed by atoms with van der Waals surface area (Å²) in [4.78, 5) is 19.0. The molecule has 0 saturated carbocycles. The number of azo groups is 1. The van der Waals surface area contributed by atoms with Crippen molar-refractivity contribution >= 4 is 44.0 Å². The molecular formula is C22H22N4O2S. The molecule has 29 heavy (non-hydrogen) atoms. The number of fused-ring (bicyclic) bond motifs is 1. The number of carbonyl (C=O) groups excluding carboxylic acids is 1. The van der Waals surface area contributed by atoms with E-state index in [1.165, 1.54) is 54.1 Å². The number of ether oxygens (including phenoxy) is 1. The molecule has 5 rings (SSSR count). The van der Waals surface area contributed by atoms with Gasteiger partial charge in [-0.2, -0.15) is 0 Å². The summed E-state index contributed by atoms with van der Waals surface area (Å²) >= 11 is 1.43. The zero-order chi connectivity index (χ0) is 19.8. The summed E-state index contributed by atoms with van der Waals surface area (Å²) in [5.74, 6) is -0.317. The van der Waals surface area contributed by atoms with Gasteiger partial charge in [0.05, 0.1) is 28.1 Å². The number of carbonyl (C=O) groups is 1. The Labute approximate surface area is 173 Å². The van der Waals surface area contributed by atoms with Gasteiger partial charge in [-0.05, 0) is 74.1 Å². The summed E-state index contributed by atoms with van der Waals surface area (Å²) in [7, 11) is 0. The van der Waals surface area contributed by atoms with E-state index in [2.05, 4.69) is 32.2 Å². The van der Waals surface area contributed by atoms with Crippen LogP contribution >= 0.6 is 11.3 Å². The van der Waals surface area contributed by atoms with Gasteiger partial charge in [0.2, 0.25) is 5.13 Å². The van der Waals surface area contributed by atoms with Crippen LogP contribution in [0.5, 0.6) is 0 Å². The van der Waals surface area contributed by atoms with Gasteiger partial charge in [0, 0.05) is 18.8 Å². The van der Waals surface area contributed by atoms with Crippen molar-refractivity contribution in [2.24, 2.45) is 10.2 Å². The van der Waals surface area contributed by atoms with Crippen molar-refractivity contribution in [1.29, 1.82) is 0 Å². The fraction of sp³-hybridized carbons (Fsp3) is 0.364. The molecule has 0 bridgehead atoms. The highest BCUT2D eigenvalue weighted by Gasteiger charge is 2.24. The minimum Gasteiger partial charge on any atom is -0.462 e. The summed E-state index contributed by atoms with van der Waals surface area (Å²) in [6, 6.07) is 9.72. The molecule has 0 saturated heterocycles. The lowest BCUT2D eigenvalue weighted by atomic mass is 9.91. The van der Waals surface area contributed by atoms with E-state index in [0.717, 1.165) is 28.7 Å². The van der Waals surface area contributed by atoms with Crippen molar-refractivity contribution in [3.8, 4) is 0 Å². The fourth-order valence-electron chi connectivity index (χ4n) is 4.24. The smallest absolute Gasteiger partial charge is 0.338 e. The summed E-state index contributed by atoms with van der Waals surface area (Å²) < 4.78 is 5.97. The highest BCUT2D eigenvalue weighted by atomic mass is 32.1. The Hall–Kier alpha value is -2.80. The van der Waals surface area contributed by atoms with Gasteiger partial charge in [-0.25, -0.2) is 9.78 Å². The summed E-state index contributed by atoms with van der Waals surface area (Å²) in [5, 5.41) is 9.47. The molecule has 0 radical (unpaired) electrons. The van der Waals surface area contributed by atoms with Crippen molar-refractivity contribution in [3.05, 3.63) is 47.0 Å². The van der Waals surface area contributed by atoms with Gasteiger partial charge < -0.3 is 9.64 Å². The van der Waals surface area contributed by atoms with Gasteiger partial charge in [-0.15, -0.1) is 10.2 Å². The summed E-state index contributed by atoms with van der Waals surface area (Å²) in [6.07, 6.45) is 4.63. The molecule has 6 nitrogen and oxygen atoms in total. The number of benzene rings is 2. The molecule has 2 aliphatic heterocycles. The lowest BCUT2D eigenvalue weighted by Crippen LogP contribution is -2.34. The molecule has 0 N–H and O–H groups in total. The first kappa shape index (κ1) is 18.2. The number of esters is 1. The highest BCUT2D eigenvalue weighted by Crippen LogP contribution is 2.38. The molecule has 0 aliphatic carbocycles. The second-order valence-corrected chi connectivity index (χ2v) is 8.42. The molecule has 1 aromatic heterocycles. The van der Waals surface area contributed by atoms with Gasteiger partial charge in [0.1, 0.15) is 0 Å². The van der Waals surface area contributed by atoms with E-state index in [9.17, 15) is 4.79 Å². The quantitative estimate of drug-likeness (QED) is 0.418. The van der Waals surface area contributed by atoms with Crippen molar-refractivity contribution in [2.75, 3.05) is 24.6 Å². The molecule has 0 amide bonds. The lowest BCUT2D eigenvalue weighted by molar-refractivity contribution is 0.0526. The largest absolute Gasteiger partial charge is 0.462 e. The number of nitrogens with zero attached hydrogens (tertiary/aromatic N) is 4. The van der Waals surface area contributed by atoms with E-state index in [4.69, 9.17) is 4.74 Å². The SMILES string of the molecule is CCOC(=O)c1ccc2nc(N=Nc3cc4c5c(c3)CCCN5CCC4)sc2c1. The van der Waals surface area contributed by atoms with Crippen LogP contribution in [0.4, 0.5) is 16.5 Å². The van der Waals surface area contributed by atoms with Crippen molar-refractivity contribution in [2.45, 2.75) is 32.6 Å². The van der Waals surface area contributed by atoms with Crippen LogP contribution in [0.3, 0.4) is 0 Å². The molecule has 0 unspecified atom stereocenters. The van der Waals surface area contributed by atoms with Crippen molar-refractivity contribution in [3.63, 3.8) is 0 Å². The van der Waals surface area contributed by atoms with Gasteiger partial charge in [0.15, 0.2) is 0 Å². The van der Waals surface area contributed by atoms with Crippen molar-refractivity contribution in [1.82, 2.24) is 4.98 Å². The monoisotopic (exact) mass is 406 g/mol. The normalized spacial score (nSPS) is 15.7. The topological polar surface area (TPSA) is 67.1 Å². The van der Waals surface area contributed by atoms with Gasteiger partial charge >= 0.3 is 5.97 Å². The Balaban J connectivity index is 1.43. The Morgan fingerprint density at radius 1 is 1.14 bits per heavy atom. The summed E-state index contributed by atoms with van der Waals surface area (Å²) in [6.45, 7) is 4.49. The Bertz CT molecular complexity index is 1090. The Kier molecular flexibility index (Phi) is 4.75. The second-order valence-electron chi connectivity index (χ2n) is 7.41. The van der Waals surface area contributed by atoms with Crippen LogP contribution in [-0.4, -0.2) is 30.6 Å². The van der Waals surface area contributed by atoms with E-state index in [1.54, 1.807) is 13.0 Å². The first-order valence-corrected chi connectivity index (χ1v) is 10.9. The molecule has 3 aromatic rings. The van der Waals surface area contributed by atoms with Gasteiger partial charge in [0.25, 0.3) is 0 Å². The number of anilines is 1. The minimum atomic E-state index is -0.317. The van der Waals surface area contributed by atoms with E-state index in [-0.39, 0.29) is 5.97 Å². The number of hydrogen-bond acceptors (Lipinski definition) is 7. The standard InChI is InChI=1S/C22H22N4O2S/c1-2-28-21(27)16-7-8-18-19(13-16)29-22(23-18)25-24-17-11-14-5-3-9-26-10-4-6-15(12-17)20(14)26/h7-8,11-13H,2-6,9-10H2,1H3. The molecule has 0 atom stereocenters. The van der Waals surface area contributed by atoms with Crippen LogP contribution in [0.2, 0.25) is 0 Å². The Morgan fingerprint density at radius 3 is 2.62 bits per heavy atom. The van der Waals surface area contributed by atoms with E-state index >= 15 is 0 Å². The zero-order valence-electron chi connectivity index (χ0n) is 16.4. The van der Waals surface area contributed by atoms with Crippen molar-refractivity contribution < 1.29 is 9.53 Å². The maximum absolute atomic E-state index is 11.9. The number of hydrogen-bond donors (Lipinski definition) is 0. The third-order valence-electron chi connectivity index (χ3n) is 5.46. The van der Waals surface area contributed by atoms with E-state index in [0.29, 0.717) is 17.3 Å². The number of aromatic nitrogens is 1. The molecule has 148 valence electrons. The van der Waals surface area contributed by atoms with Crippen LogP contribution in [0, 0.1) is 0 Å². The highest BCUT2D eigenvalue weighted by molar-refractivity contribution is 7.21. The first-order chi connectivity index (χ1) is 14.2. The molecule has 7 heteroatoms. The summed E-state index contributed by atoms with van der Waals surface area (Å²) in [5.41, 5.74) is 6.47. The average molecular weight is 407 g/mol. The number of rotatable bonds is 4.